The van der Waals surface area contributed by atoms with Crippen LogP contribution in [-0.2, 0) is 0 Å². The maximum atomic E-state index is 9.92. The molecule has 1 aromatic heterocycles. The summed E-state index contributed by atoms with van der Waals surface area (Å²) in [6.45, 7) is 2.03. The molecule has 76 valence electrons. The molecule has 2 heteroatoms. The lowest BCUT2D eigenvalue weighted by Crippen LogP contribution is -2.15. The molecule has 14 heavy (non-hydrogen) atoms. The van der Waals surface area contributed by atoms with Crippen LogP contribution in [0.25, 0.3) is 0 Å². The Kier molecular flexibility index (Phi) is 2.82. The minimum atomic E-state index is -0.361. The fraction of sp³-hybridized carbons (Fsp3) is 0.583. The van der Waals surface area contributed by atoms with Gasteiger partial charge < -0.3 is 5.11 Å². The second-order valence-corrected chi connectivity index (χ2v) is 4.31. The van der Waals surface area contributed by atoms with Gasteiger partial charge in [0.1, 0.15) is 0 Å². The minimum absolute atomic E-state index is 0.361. The Balaban J connectivity index is 1.98. The number of aromatic nitrogens is 1. The van der Waals surface area contributed by atoms with Gasteiger partial charge in [0.05, 0.1) is 11.8 Å². The lowest BCUT2D eigenvalue weighted by atomic mass is 9.81. The summed E-state index contributed by atoms with van der Waals surface area (Å²) in [7, 11) is 0. The average Bonchev–Trinajstić information content (AvgIpc) is 2.11. The van der Waals surface area contributed by atoms with Gasteiger partial charge in [0.25, 0.3) is 0 Å². The first kappa shape index (κ1) is 9.66. The predicted octanol–water partition coefficient (Wildman–Crippen LogP) is 2.61. The van der Waals surface area contributed by atoms with Crippen molar-refractivity contribution in [1.29, 1.82) is 0 Å². The van der Waals surface area contributed by atoms with E-state index in [2.05, 4.69) is 4.98 Å². The molecule has 1 saturated carbocycles. The zero-order valence-corrected chi connectivity index (χ0v) is 8.61. The Morgan fingerprint density at radius 2 is 2.36 bits per heavy atom. The van der Waals surface area contributed by atoms with Gasteiger partial charge in [-0.25, -0.2) is 0 Å². The lowest BCUT2D eigenvalue weighted by Gasteiger charge is -2.27. The number of aliphatic hydroxyl groups excluding tert-OH is 1. The van der Waals surface area contributed by atoms with Crippen LogP contribution in [0.15, 0.2) is 18.3 Å². The Morgan fingerprint density at radius 3 is 2.93 bits per heavy atom. The van der Waals surface area contributed by atoms with Crippen molar-refractivity contribution >= 4 is 0 Å². The normalized spacial score (nSPS) is 19.0. The van der Waals surface area contributed by atoms with E-state index < -0.39 is 0 Å². The highest BCUT2D eigenvalue weighted by atomic mass is 16.3. The molecule has 0 aromatic carbocycles. The molecule has 2 nitrogen and oxygen atoms in total. The molecule has 1 fully saturated rings. The van der Waals surface area contributed by atoms with E-state index in [1.807, 2.05) is 19.1 Å². The lowest BCUT2D eigenvalue weighted by molar-refractivity contribution is 0.115. The predicted molar refractivity (Wildman–Crippen MR) is 55.9 cm³/mol. The quantitative estimate of drug-likeness (QED) is 0.796. The van der Waals surface area contributed by atoms with Crippen LogP contribution in [0, 0.1) is 12.8 Å². The highest BCUT2D eigenvalue weighted by Crippen LogP contribution is 2.34. The zero-order chi connectivity index (χ0) is 9.97. The Bertz CT molecular complexity index is 307. The van der Waals surface area contributed by atoms with Gasteiger partial charge in [-0.2, -0.15) is 0 Å². The van der Waals surface area contributed by atoms with E-state index in [9.17, 15) is 5.11 Å². The van der Waals surface area contributed by atoms with Crippen LogP contribution < -0.4 is 0 Å². The van der Waals surface area contributed by atoms with Crippen molar-refractivity contribution in [2.45, 2.75) is 38.7 Å². The number of rotatable bonds is 3. The van der Waals surface area contributed by atoms with Gasteiger partial charge in [-0.05, 0) is 37.0 Å². The summed E-state index contributed by atoms with van der Waals surface area (Å²) in [5.41, 5.74) is 2.00. The van der Waals surface area contributed by atoms with Crippen LogP contribution in [-0.4, -0.2) is 10.1 Å². The molecule has 2 rings (SSSR count). The van der Waals surface area contributed by atoms with E-state index in [0.29, 0.717) is 0 Å². The van der Waals surface area contributed by atoms with Crippen molar-refractivity contribution in [2.75, 3.05) is 0 Å². The van der Waals surface area contributed by atoms with Gasteiger partial charge in [-0.3, -0.25) is 4.98 Å². The molecule has 0 amide bonds. The van der Waals surface area contributed by atoms with Gasteiger partial charge in [0.2, 0.25) is 0 Å². The van der Waals surface area contributed by atoms with E-state index in [-0.39, 0.29) is 6.10 Å². The first-order valence-electron chi connectivity index (χ1n) is 5.36. The summed E-state index contributed by atoms with van der Waals surface area (Å²) in [6, 6.07) is 3.93. The summed E-state index contributed by atoms with van der Waals surface area (Å²) >= 11 is 0. The molecule has 1 aliphatic carbocycles. The van der Waals surface area contributed by atoms with Crippen molar-refractivity contribution in [3.63, 3.8) is 0 Å². The number of pyridine rings is 1. The highest BCUT2D eigenvalue weighted by molar-refractivity contribution is 5.16. The number of hydrogen-bond acceptors (Lipinski definition) is 2. The monoisotopic (exact) mass is 191 g/mol. The van der Waals surface area contributed by atoms with Gasteiger partial charge in [0.15, 0.2) is 0 Å². The Hall–Kier alpha value is -0.890. The molecule has 0 spiro atoms. The second-order valence-electron chi connectivity index (χ2n) is 4.31. The molecule has 1 aliphatic rings. The van der Waals surface area contributed by atoms with Crippen LogP contribution in [0.4, 0.5) is 0 Å². The van der Waals surface area contributed by atoms with Crippen molar-refractivity contribution in [1.82, 2.24) is 4.98 Å². The average molecular weight is 191 g/mol. The van der Waals surface area contributed by atoms with Crippen LogP contribution >= 0.6 is 0 Å². The molecule has 1 unspecified atom stereocenters. The third-order valence-corrected chi connectivity index (χ3v) is 3.06. The summed E-state index contributed by atoms with van der Waals surface area (Å²) in [4.78, 5) is 4.20. The third kappa shape index (κ3) is 2.13. The number of aliphatic hydroxyl groups is 1. The van der Waals surface area contributed by atoms with Crippen molar-refractivity contribution in [3.05, 3.63) is 29.6 Å². The maximum absolute atomic E-state index is 9.92. The molecule has 1 atom stereocenters. The van der Waals surface area contributed by atoms with Gasteiger partial charge in [-0.1, -0.05) is 19.3 Å². The van der Waals surface area contributed by atoms with Crippen molar-refractivity contribution in [3.8, 4) is 0 Å². The van der Waals surface area contributed by atoms with Crippen LogP contribution in [0.5, 0.6) is 0 Å². The molecule has 1 N–H and O–H groups in total. The van der Waals surface area contributed by atoms with Gasteiger partial charge in [0, 0.05) is 6.20 Å². The van der Waals surface area contributed by atoms with Crippen LogP contribution in [0.1, 0.15) is 43.0 Å². The third-order valence-electron chi connectivity index (χ3n) is 3.06. The van der Waals surface area contributed by atoms with E-state index in [1.54, 1.807) is 6.20 Å². The largest absolute Gasteiger partial charge is 0.387 e. The molecular formula is C12H17NO. The molecule has 0 aliphatic heterocycles. The second kappa shape index (κ2) is 4.09. The first-order chi connectivity index (χ1) is 6.75. The smallest absolute Gasteiger partial charge is 0.0962 e. The van der Waals surface area contributed by atoms with E-state index in [4.69, 9.17) is 0 Å². The van der Waals surface area contributed by atoms with Gasteiger partial charge in [-0.15, -0.1) is 0 Å². The van der Waals surface area contributed by atoms with Crippen LogP contribution in [0.2, 0.25) is 0 Å². The molecule has 0 radical (unpaired) electrons. The van der Waals surface area contributed by atoms with Crippen molar-refractivity contribution < 1.29 is 5.11 Å². The number of nitrogens with zero attached hydrogens (tertiary/aromatic N) is 1. The molecule has 1 aromatic rings. The summed E-state index contributed by atoms with van der Waals surface area (Å²) in [6.07, 6.45) is 6.19. The summed E-state index contributed by atoms with van der Waals surface area (Å²) in [5.74, 6) is 0.729. The molecule has 1 heterocycles. The molecular weight excluding hydrogens is 174 g/mol. The van der Waals surface area contributed by atoms with Crippen molar-refractivity contribution in [2.24, 2.45) is 5.92 Å². The summed E-state index contributed by atoms with van der Waals surface area (Å²) in [5, 5.41) is 9.92. The fourth-order valence-corrected chi connectivity index (χ4v) is 1.91. The van der Waals surface area contributed by atoms with E-state index in [0.717, 1.165) is 18.0 Å². The Morgan fingerprint density at radius 1 is 1.57 bits per heavy atom. The van der Waals surface area contributed by atoms with Crippen LogP contribution in [0.3, 0.4) is 0 Å². The minimum Gasteiger partial charge on any atom is -0.387 e. The standard InChI is InChI=1S/C12H17NO/c1-9-5-6-13-11(7-9)12(14)8-10-3-2-4-10/h5-7,10,12,14H,2-4,8H2,1H3. The van der Waals surface area contributed by atoms with E-state index in [1.165, 1.54) is 24.8 Å². The topological polar surface area (TPSA) is 33.1 Å². The molecule has 0 bridgehead atoms. The van der Waals surface area contributed by atoms with Gasteiger partial charge >= 0.3 is 0 Å². The molecule has 0 saturated heterocycles. The zero-order valence-electron chi connectivity index (χ0n) is 8.61. The number of hydrogen-bond donors (Lipinski definition) is 1. The SMILES string of the molecule is Cc1ccnc(C(O)CC2CCC2)c1. The van der Waals surface area contributed by atoms with E-state index >= 15 is 0 Å². The maximum Gasteiger partial charge on any atom is 0.0962 e. The summed E-state index contributed by atoms with van der Waals surface area (Å²) < 4.78 is 0. The fourth-order valence-electron chi connectivity index (χ4n) is 1.91. The highest BCUT2D eigenvalue weighted by Gasteiger charge is 2.22. The Labute approximate surface area is 85.0 Å². The first-order valence-corrected chi connectivity index (χ1v) is 5.36. The number of aryl methyl sites for hydroxylation is 1.